The maximum atomic E-state index is 13.5. The molecule has 1 aliphatic rings. The number of nitrogens with zero attached hydrogens (tertiary/aromatic N) is 2. The number of sulfonamides is 1. The molecule has 1 aliphatic heterocycles. The number of hydrogen-bond acceptors (Lipinski definition) is 4. The van der Waals surface area contributed by atoms with Gasteiger partial charge in [-0.2, -0.15) is 9.57 Å². The molecular weight excluding hydrogens is 382 g/mol. The van der Waals surface area contributed by atoms with Gasteiger partial charge in [0.15, 0.2) is 0 Å². The summed E-state index contributed by atoms with van der Waals surface area (Å²) in [6.07, 6.45) is 0.552. The third-order valence-corrected chi connectivity index (χ3v) is 7.07. The average molecular weight is 404 g/mol. The summed E-state index contributed by atoms with van der Waals surface area (Å²) < 4.78 is 28.6. The number of nitrogens with one attached hydrogen (secondary N) is 1. The van der Waals surface area contributed by atoms with Gasteiger partial charge in [-0.1, -0.05) is 48.5 Å². The summed E-state index contributed by atoms with van der Waals surface area (Å²) in [5.74, 6) is 0. The second-order valence-corrected chi connectivity index (χ2v) is 8.96. The molecule has 29 heavy (non-hydrogen) atoms. The summed E-state index contributed by atoms with van der Waals surface area (Å²) in [6, 6.07) is 25.6. The Balaban J connectivity index is 1.72. The molecule has 1 unspecified atom stereocenters. The molecule has 0 aromatic heterocycles. The summed E-state index contributed by atoms with van der Waals surface area (Å²) in [4.78, 5) is 0.285. The van der Waals surface area contributed by atoms with Crippen LogP contribution in [0.5, 0.6) is 0 Å². The average Bonchev–Trinajstić information content (AvgIpc) is 2.78. The van der Waals surface area contributed by atoms with E-state index in [0.717, 1.165) is 16.8 Å². The van der Waals surface area contributed by atoms with Gasteiger partial charge in [-0.25, -0.2) is 8.42 Å². The predicted octanol–water partition coefficient (Wildman–Crippen LogP) is 3.79. The van der Waals surface area contributed by atoms with Gasteiger partial charge in [0.05, 0.1) is 16.5 Å². The molecule has 0 fully saturated rings. The van der Waals surface area contributed by atoms with Crippen molar-refractivity contribution in [3.63, 3.8) is 0 Å². The van der Waals surface area contributed by atoms with Crippen LogP contribution >= 0.6 is 0 Å². The highest BCUT2D eigenvalue weighted by Gasteiger charge is 2.34. The van der Waals surface area contributed by atoms with Crippen LogP contribution in [0.25, 0.3) is 0 Å². The van der Waals surface area contributed by atoms with Gasteiger partial charge in [0, 0.05) is 24.8 Å². The zero-order valence-electron chi connectivity index (χ0n) is 15.8. The molecular formula is C23H21N3O2S. The number of benzene rings is 3. The molecule has 5 nitrogen and oxygen atoms in total. The summed E-state index contributed by atoms with van der Waals surface area (Å²) in [6.45, 7) is 0.801. The molecule has 0 bridgehead atoms. The van der Waals surface area contributed by atoms with Crippen molar-refractivity contribution in [2.24, 2.45) is 0 Å². The fourth-order valence-corrected chi connectivity index (χ4v) is 5.30. The molecule has 3 aromatic rings. The van der Waals surface area contributed by atoms with E-state index in [-0.39, 0.29) is 17.5 Å². The Morgan fingerprint density at radius 1 is 1.00 bits per heavy atom. The third kappa shape index (κ3) is 4.02. The van der Waals surface area contributed by atoms with Crippen LogP contribution in [0.15, 0.2) is 83.8 Å². The first kappa shape index (κ1) is 19.2. The zero-order chi connectivity index (χ0) is 20.3. The molecule has 0 amide bonds. The lowest BCUT2D eigenvalue weighted by Gasteiger charge is -2.35. The van der Waals surface area contributed by atoms with Crippen molar-refractivity contribution in [1.82, 2.24) is 4.31 Å². The fourth-order valence-electron chi connectivity index (χ4n) is 3.66. The van der Waals surface area contributed by atoms with E-state index in [1.807, 2.05) is 48.5 Å². The molecule has 3 aromatic carbocycles. The molecule has 1 heterocycles. The first-order valence-electron chi connectivity index (χ1n) is 9.45. The summed E-state index contributed by atoms with van der Waals surface area (Å²) in [7, 11) is -3.69. The van der Waals surface area contributed by atoms with E-state index in [4.69, 9.17) is 0 Å². The van der Waals surface area contributed by atoms with E-state index < -0.39 is 10.0 Å². The number of nitriles is 1. The number of fused-ring (bicyclic) bond motifs is 1. The van der Waals surface area contributed by atoms with Crippen LogP contribution in [0.3, 0.4) is 0 Å². The van der Waals surface area contributed by atoms with Crippen molar-refractivity contribution in [2.45, 2.75) is 23.9 Å². The highest BCUT2D eigenvalue weighted by atomic mass is 32.2. The van der Waals surface area contributed by atoms with Gasteiger partial charge in [0.2, 0.25) is 10.0 Å². The molecule has 0 aliphatic carbocycles. The van der Waals surface area contributed by atoms with Crippen molar-refractivity contribution < 1.29 is 8.42 Å². The SMILES string of the molecule is N#Cc1ccc2c(c1)CC(N(Cc1ccccc1)S(=O)(=O)c1ccccc1)CN2. The molecule has 6 heteroatoms. The maximum absolute atomic E-state index is 13.5. The predicted molar refractivity (Wildman–Crippen MR) is 113 cm³/mol. The van der Waals surface area contributed by atoms with Gasteiger partial charge >= 0.3 is 0 Å². The van der Waals surface area contributed by atoms with E-state index in [2.05, 4.69) is 11.4 Å². The van der Waals surface area contributed by atoms with Gasteiger partial charge in [0.25, 0.3) is 0 Å². The van der Waals surface area contributed by atoms with E-state index in [1.165, 1.54) is 0 Å². The van der Waals surface area contributed by atoms with Crippen molar-refractivity contribution in [3.05, 3.63) is 95.6 Å². The van der Waals surface area contributed by atoms with E-state index in [9.17, 15) is 13.7 Å². The number of anilines is 1. The summed E-state index contributed by atoms with van der Waals surface area (Å²) >= 11 is 0. The molecule has 0 spiro atoms. The van der Waals surface area contributed by atoms with Crippen LogP contribution in [0, 0.1) is 11.3 Å². The Morgan fingerprint density at radius 3 is 2.38 bits per heavy atom. The Bertz CT molecular complexity index is 1140. The normalized spacial score (nSPS) is 15.9. The van der Waals surface area contributed by atoms with Crippen molar-refractivity contribution >= 4 is 15.7 Å². The minimum atomic E-state index is -3.69. The highest BCUT2D eigenvalue weighted by molar-refractivity contribution is 7.89. The van der Waals surface area contributed by atoms with Gasteiger partial charge < -0.3 is 5.32 Å². The third-order valence-electron chi connectivity index (χ3n) is 5.16. The summed E-state index contributed by atoms with van der Waals surface area (Å²) in [5.41, 5.74) is 3.42. The van der Waals surface area contributed by atoms with Crippen LogP contribution in [0.4, 0.5) is 5.69 Å². The Hall–Kier alpha value is -3.14. The second-order valence-electron chi connectivity index (χ2n) is 7.07. The van der Waals surface area contributed by atoms with Crippen molar-refractivity contribution in [1.29, 1.82) is 5.26 Å². The second kappa shape index (κ2) is 8.08. The fraction of sp³-hybridized carbons (Fsp3) is 0.174. The minimum Gasteiger partial charge on any atom is -0.383 e. The first-order valence-corrected chi connectivity index (χ1v) is 10.9. The standard InChI is InChI=1S/C23H21N3O2S/c24-15-19-11-12-23-20(13-19)14-21(16-25-23)26(17-18-7-3-1-4-8-18)29(27,28)22-9-5-2-6-10-22/h1-13,21,25H,14,16-17H2. The molecule has 0 radical (unpaired) electrons. The topological polar surface area (TPSA) is 73.2 Å². The van der Waals surface area contributed by atoms with Gasteiger partial charge in [-0.3, -0.25) is 0 Å². The molecule has 4 rings (SSSR count). The lowest BCUT2D eigenvalue weighted by molar-refractivity contribution is 0.316. The minimum absolute atomic E-state index is 0.262. The van der Waals surface area contributed by atoms with Crippen molar-refractivity contribution in [2.75, 3.05) is 11.9 Å². The van der Waals surface area contributed by atoms with Gasteiger partial charge in [0.1, 0.15) is 0 Å². The van der Waals surface area contributed by atoms with Gasteiger partial charge in [-0.05, 0) is 47.9 Å². The van der Waals surface area contributed by atoms with Gasteiger partial charge in [-0.15, -0.1) is 0 Å². The van der Waals surface area contributed by atoms with Crippen LogP contribution in [-0.4, -0.2) is 25.3 Å². The van der Waals surface area contributed by atoms with E-state index in [1.54, 1.807) is 34.6 Å². The Morgan fingerprint density at radius 2 is 1.69 bits per heavy atom. The lowest BCUT2D eigenvalue weighted by atomic mass is 9.97. The first-order chi connectivity index (χ1) is 14.1. The monoisotopic (exact) mass is 403 g/mol. The van der Waals surface area contributed by atoms with Crippen LogP contribution in [-0.2, 0) is 23.0 Å². The van der Waals surface area contributed by atoms with E-state index in [0.29, 0.717) is 18.5 Å². The highest BCUT2D eigenvalue weighted by Crippen LogP contribution is 2.29. The zero-order valence-corrected chi connectivity index (χ0v) is 16.6. The lowest BCUT2D eigenvalue weighted by Crippen LogP contribution is -2.46. The molecule has 146 valence electrons. The molecule has 1 atom stereocenters. The van der Waals surface area contributed by atoms with Crippen LogP contribution in [0.2, 0.25) is 0 Å². The van der Waals surface area contributed by atoms with E-state index >= 15 is 0 Å². The smallest absolute Gasteiger partial charge is 0.243 e. The number of hydrogen-bond donors (Lipinski definition) is 1. The van der Waals surface area contributed by atoms with Crippen LogP contribution in [0.1, 0.15) is 16.7 Å². The molecule has 1 N–H and O–H groups in total. The largest absolute Gasteiger partial charge is 0.383 e. The molecule has 0 saturated heterocycles. The van der Waals surface area contributed by atoms with Crippen molar-refractivity contribution in [3.8, 4) is 6.07 Å². The van der Waals surface area contributed by atoms with Crippen LogP contribution < -0.4 is 5.32 Å². The molecule has 0 saturated carbocycles. The number of rotatable bonds is 5. The summed E-state index contributed by atoms with van der Waals surface area (Å²) in [5, 5.41) is 12.5. The maximum Gasteiger partial charge on any atom is 0.243 e. The Kier molecular flexibility index (Phi) is 5.34. The Labute approximate surface area is 171 Å². The quantitative estimate of drug-likeness (QED) is 0.704.